The highest BCUT2D eigenvalue weighted by atomic mass is 16.5. The second kappa shape index (κ2) is 9.11. The number of aryl methyl sites for hydroxylation is 2. The first-order valence-corrected chi connectivity index (χ1v) is 10.9. The number of aliphatic hydroxyl groups excluding tert-OH is 1. The summed E-state index contributed by atoms with van der Waals surface area (Å²) in [6.07, 6.45) is 1.64. The van der Waals surface area contributed by atoms with E-state index in [0.29, 0.717) is 41.2 Å². The number of carbonyl (C=O) groups is 1. The van der Waals surface area contributed by atoms with Crippen LogP contribution in [0.25, 0.3) is 11.0 Å². The van der Waals surface area contributed by atoms with Gasteiger partial charge in [0.25, 0.3) is 5.91 Å². The van der Waals surface area contributed by atoms with Gasteiger partial charge in [0.05, 0.1) is 30.2 Å². The molecule has 0 saturated heterocycles. The van der Waals surface area contributed by atoms with Gasteiger partial charge in [-0.3, -0.25) is 9.59 Å². The molecule has 3 aromatic rings. The van der Waals surface area contributed by atoms with Crippen molar-refractivity contribution in [2.75, 3.05) is 26.4 Å². The fourth-order valence-electron chi connectivity index (χ4n) is 4.43. The van der Waals surface area contributed by atoms with Gasteiger partial charge in [-0.25, -0.2) is 0 Å². The molecule has 33 heavy (non-hydrogen) atoms. The van der Waals surface area contributed by atoms with Crippen molar-refractivity contribution in [1.29, 1.82) is 0 Å². The first kappa shape index (κ1) is 22.6. The molecule has 0 spiro atoms. The minimum Gasteiger partial charge on any atom is -0.490 e. The smallest absolute Gasteiger partial charge is 0.290 e. The van der Waals surface area contributed by atoms with Gasteiger partial charge in [-0.15, -0.1) is 0 Å². The number of amides is 1. The van der Waals surface area contributed by atoms with Crippen LogP contribution in [0.4, 0.5) is 0 Å². The molecule has 1 atom stereocenters. The number of hydrogen-bond donors (Lipinski definition) is 1. The number of β-amino-alcohol motifs (C(OH)–C–C–N with tert-alkyl or cyclic N) is 1. The number of fused-ring (bicyclic) bond motifs is 2. The van der Waals surface area contributed by atoms with E-state index in [9.17, 15) is 14.7 Å². The highest BCUT2D eigenvalue weighted by Crippen LogP contribution is 2.41. The number of rotatable bonds is 8. The fraction of sp³-hybridized carbons (Fsp3) is 0.308. The molecule has 2 heterocycles. The Morgan fingerprint density at radius 2 is 1.94 bits per heavy atom. The number of hydrogen-bond acceptors (Lipinski definition) is 6. The number of ether oxygens (including phenoxy) is 2. The monoisotopic (exact) mass is 449 g/mol. The molecule has 7 nitrogen and oxygen atoms in total. The summed E-state index contributed by atoms with van der Waals surface area (Å²) in [5, 5.41) is 10.1. The van der Waals surface area contributed by atoms with E-state index in [1.807, 2.05) is 26.8 Å². The Morgan fingerprint density at radius 1 is 1.15 bits per heavy atom. The predicted molar refractivity (Wildman–Crippen MR) is 125 cm³/mol. The van der Waals surface area contributed by atoms with Crippen LogP contribution in [0.3, 0.4) is 0 Å². The van der Waals surface area contributed by atoms with Gasteiger partial charge in [0.1, 0.15) is 12.2 Å². The van der Waals surface area contributed by atoms with Crippen LogP contribution in [0.2, 0.25) is 0 Å². The van der Waals surface area contributed by atoms with E-state index in [0.717, 1.165) is 11.1 Å². The molecule has 7 heteroatoms. The van der Waals surface area contributed by atoms with Gasteiger partial charge in [0.2, 0.25) is 5.76 Å². The minimum atomic E-state index is -0.714. The minimum absolute atomic E-state index is 0.0147. The zero-order chi connectivity index (χ0) is 23.7. The van der Waals surface area contributed by atoms with Crippen LogP contribution in [0.1, 0.15) is 45.8 Å². The third-order valence-electron chi connectivity index (χ3n) is 5.69. The summed E-state index contributed by atoms with van der Waals surface area (Å²) in [4.78, 5) is 28.4. The first-order chi connectivity index (χ1) is 15.9. The topological polar surface area (TPSA) is 89.2 Å². The van der Waals surface area contributed by atoms with E-state index >= 15 is 0 Å². The van der Waals surface area contributed by atoms with Gasteiger partial charge in [0.15, 0.2) is 16.9 Å². The van der Waals surface area contributed by atoms with Crippen molar-refractivity contribution in [1.82, 2.24) is 4.90 Å². The molecule has 1 N–H and O–H groups in total. The SMILES string of the molecule is C=CCOc1ccc(C2c3c(oc4cc(C)cc(C)c4c3=O)C(=O)N2CCO)cc1OCC. The molecule has 4 rings (SSSR count). The maximum absolute atomic E-state index is 13.7. The third kappa shape index (κ3) is 3.89. The van der Waals surface area contributed by atoms with E-state index in [2.05, 4.69) is 6.58 Å². The largest absolute Gasteiger partial charge is 0.490 e. The van der Waals surface area contributed by atoms with Crippen molar-refractivity contribution in [3.05, 3.63) is 81.2 Å². The van der Waals surface area contributed by atoms with Gasteiger partial charge in [-0.1, -0.05) is 24.8 Å². The van der Waals surface area contributed by atoms with Gasteiger partial charge < -0.3 is 23.9 Å². The second-order valence-electron chi connectivity index (χ2n) is 7.99. The zero-order valence-corrected chi connectivity index (χ0v) is 19.0. The average Bonchev–Trinajstić information content (AvgIpc) is 3.05. The van der Waals surface area contributed by atoms with E-state index in [1.54, 1.807) is 30.3 Å². The van der Waals surface area contributed by atoms with Gasteiger partial charge >= 0.3 is 0 Å². The lowest BCUT2D eigenvalue weighted by atomic mass is 9.96. The van der Waals surface area contributed by atoms with Crippen LogP contribution in [-0.4, -0.2) is 42.3 Å². The maximum Gasteiger partial charge on any atom is 0.290 e. The maximum atomic E-state index is 13.7. The molecule has 1 aliphatic heterocycles. The molecule has 1 unspecified atom stereocenters. The summed E-state index contributed by atoms with van der Waals surface area (Å²) in [5.74, 6) is 0.627. The van der Waals surface area contributed by atoms with Crippen LogP contribution < -0.4 is 14.9 Å². The van der Waals surface area contributed by atoms with Crippen molar-refractivity contribution in [3.8, 4) is 11.5 Å². The lowest BCUT2D eigenvalue weighted by Gasteiger charge is -2.25. The van der Waals surface area contributed by atoms with Crippen molar-refractivity contribution in [3.63, 3.8) is 0 Å². The van der Waals surface area contributed by atoms with Crippen molar-refractivity contribution in [2.24, 2.45) is 0 Å². The van der Waals surface area contributed by atoms with Gasteiger partial charge in [-0.05, 0) is 55.7 Å². The molecule has 1 amide bonds. The Kier molecular flexibility index (Phi) is 6.24. The molecule has 0 radical (unpaired) electrons. The molecule has 2 aromatic carbocycles. The Bertz CT molecular complexity index is 1290. The molecule has 0 fully saturated rings. The van der Waals surface area contributed by atoms with Crippen LogP contribution in [0.5, 0.6) is 11.5 Å². The van der Waals surface area contributed by atoms with Crippen LogP contribution in [0.15, 0.2) is 52.2 Å². The molecule has 0 bridgehead atoms. The summed E-state index contributed by atoms with van der Waals surface area (Å²) in [7, 11) is 0. The summed E-state index contributed by atoms with van der Waals surface area (Å²) >= 11 is 0. The van der Waals surface area contributed by atoms with E-state index in [1.165, 1.54) is 4.90 Å². The van der Waals surface area contributed by atoms with E-state index in [4.69, 9.17) is 13.9 Å². The molecule has 172 valence electrons. The molecule has 1 aromatic heterocycles. The standard InChI is InChI=1S/C26H27NO6/c1-5-11-32-18-8-7-17(14-19(18)31-6-2)23-22-24(29)21-16(4)12-15(3)13-20(21)33-25(22)26(30)27(23)9-10-28/h5,7-8,12-14,23,28H,1,6,9-11H2,2-4H3. The van der Waals surface area contributed by atoms with E-state index in [-0.39, 0.29) is 29.9 Å². The van der Waals surface area contributed by atoms with Crippen molar-refractivity contribution < 1.29 is 23.8 Å². The van der Waals surface area contributed by atoms with Crippen molar-refractivity contribution in [2.45, 2.75) is 26.8 Å². The Labute approximate surface area is 191 Å². The number of carbonyl (C=O) groups excluding carboxylic acids is 1. The average molecular weight is 450 g/mol. The first-order valence-electron chi connectivity index (χ1n) is 10.9. The molecule has 1 aliphatic rings. The van der Waals surface area contributed by atoms with Crippen LogP contribution in [-0.2, 0) is 0 Å². The lowest BCUT2D eigenvalue weighted by Crippen LogP contribution is -2.32. The van der Waals surface area contributed by atoms with Crippen LogP contribution in [0, 0.1) is 13.8 Å². The summed E-state index contributed by atoms with van der Waals surface area (Å²) in [6, 6.07) is 8.28. The zero-order valence-electron chi connectivity index (χ0n) is 19.0. The lowest BCUT2D eigenvalue weighted by molar-refractivity contribution is 0.0691. The highest BCUT2D eigenvalue weighted by Gasteiger charge is 2.42. The summed E-state index contributed by atoms with van der Waals surface area (Å²) in [6.45, 7) is 9.83. The molecular formula is C26H27NO6. The second-order valence-corrected chi connectivity index (χ2v) is 7.99. The highest BCUT2D eigenvalue weighted by molar-refractivity contribution is 5.99. The molecule has 0 aliphatic carbocycles. The number of benzene rings is 2. The van der Waals surface area contributed by atoms with Gasteiger partial charge in [-0.2, -0.15) is 0 Å². The Morgan fingerprint density at radius 3 is 2.64 bits per heavy atom. The third-order valence-corrected chi connectivity index (χ3v) is 5.69. The van der Waals surface area contributed by atoms with Gasteiger partial charge in [0, 0.05) is 6.54 Å². The quantitative estimate of drug-likeness (QED) is 0.525. The van der Waals surface area contributed by atoms with Crippen LogP contribution >= 0.6 is 0 Å². The predicted octanol–water partition coefficient (Wildman–Crippen LogP) is 3.91. The van der Waals surface area contributed by atoms with Crippen molar-refractivity contribution >= 4 is 16.9 Å². The van der Waals surface area contributed by atoms with E-state index < -0.39 is 11.9 Å². The Balaban J connectivity index is 1.94. The fourth-order valence-corrected chi connectivity index (χ4v) is 4.43. The number of nitrogens with zero attached hydrogens (tertiary/aromatic N) is 1. The summed E-state index contributed by atoms with van der Waals surface area (Å²) in [5.41, 5.74) is 2.81. The Hall–Kier alpha value is -3.58. The summed E-state index contributed by atoms with van der Waals surface area (Å²) < 4.78 is 17.5. The number of aliphatic hydroxyl groups is 1. The molecular weight excluding hydrogens is 422 g/mol. The molecule has 0 saturated carbocycles. The normalized spacial score (nSPS) is 15.1.